The van der Waals surface area contributed by atoms with Crippen LogP contribution in [0.2, 0.25) is 0 Å². The molecule has 2 heterocycles. The predicted molar refractivity (Wildman–Crippen MR) is 133 cm³/mol. The van der Waals surface area contributed by atoms with E-state index in [1.165, 1.54) is 17.6 Å². The third-order valence-corrected chi connectivity index (χ3v) is 5.96. The highest BCUT2D eigenvalue weighted by Gasteiger charge is 2.23. The second-order valence-corrected chi connectivity index (χ2v) is 8.01. The van der Waals surface area contributed by atoms with E-state index in [9.17, 15) is 4.39 Å². The highest BCUT2D eigenvalue weighted by molar-refractivity contribution is 14.0. The maximum Gasteiger partial charge on any atom is 0.205 e. The summed E-state index contributed by atoms with van der Waals surface area (Å²) in [4.78, 5) is 15.7. The Kier molecular flexibility index (Phi) is 9.69. The number of hydrogen-bond acceptors (Lipinski definition) is 6. The molecule has 3 rings (SSSR count). The number of anilines is 1. The molecule has 166 valence electrons. The fourth-order valence-corrected chi connectivity index (χ4v) is 4.26. The largest absolute Gasteiger partial charge is 0.354 e. The molecule has 30 heavy (non-hydrogen) atoms. The van der Waals surface area contributed by atoms with E-state index in [-0.39, 0.29) is 35.8 Å². The summed E-state index contributed by atoms with van der Waals surface area (Å²) >= 11 is 1.48. The quantitative estimate of drug-likeness (QED) is 0.341. The van der Waals surface area contributed by atoms with E-state index in [0.717, 1.165) is 55.1 Å². The van der Waals surface area contributed by atoms with E-state index in [0.29, 0.717) is 6.54 Å². The van der Waals surface area contributed by atoms with Crippen LogP contribution >= 0.6 is 35.5 Å². The third-order valence-electron chi connectivity index (χ3n) is 5.15. The summed E-state index contributed by atoms with van der Waals surface area (Å²) in [7, 11) is 5.82. The number of halogens is 2. The van der Waals surface area contributed by atoms with Gasteiger partial charge in [0.25, 0.3) is 0 Å². The molecule has 0 aliphatic carbocycles. The fourth-order valence-electron chi connectivity index (χ4n) is 3.46. The van der Waals surface area contributed by atoms with Gasteiger partial charge in [-0.3, -0.25) is 4.99 Å². The zero-order valence-corrected chi connectivity index (χ0v) is 21.2. The second-order valence-electron chi connectivity index (χ2n) is 7.28. The third kappa shape index (κ3) is 6.24. The zero-order valence-electron chi connectivity index (χ0n) is 18.0. The van der Waals surface area contributed by atoms with Crippen LogP contribution in [0.5, 0.6) is 0 Å². The standard InChI is InChI=1S/C20H30FN7S.HI/c1-5-18-24-20(29-25-18)28-11-9-27(10-12-28)19(22-2)23-14-17(26(3)4)15-7-6-8-16(21)13-15;/h6-8,13,17H,5,9-12,14H2,1-4H3,(H,22,23);1H. The van der Waals surface area contributed by atoms with Gasteiger partial charge in [-0.05, 0) is 31.8 Å². The van der Waals surface area contributed by atoms with Crippen molar-refractivity contribution in [3.63, 3.8) is 0 Å². The molecule has 1 unspecified atom stereocenters. The average Bonchev–Trinajstić information content (AvgIpc) is 3.20. The van der Waals surface area contributed by atoms with Crippen molar-refractivity contribution in [3.05, 3.63) is 41.5 Å². The molecule has 1 aromatic heterocycles. The molecule has 1 aliphatic heterocycles. The highest BCUT2D eigenvalue weighted by Crippen LogP contribution is 2.20. The molecule has 2 aromatic rings. The molecule has 1 aliphatic rings. The summed E-state index contributed by atoms with van der Waals surface area (Å²) in [5.74, 6) is 1.58. The lowest BCUT2D eigenvalue weighted by Crippen LogP contribution is -2.53. The number of hydrogen-bond donors (Lipinski definition) is 1. The molecule has 0 radical (unpaired) electrons. The van der Waals surface area contributed by atoms with Crippen LogP contribution in [-0.2, 0) is 6.42 Å². The monoisotopic (exact) mass is 547 g/mol. The van der Waals surface area contributed by atoms with Crippen molar-refractivity contribution in [3.8, 4) is 0 Å². The van der Waals surface area contributed by atoms with Crippen LogP contribution in [0, 0.1) is 5.82 Å². The van der Waals surface area contributed by atoms with Gasteiger partial charge >= 0.3 is 0 Å². The number of nitrogens with one attached hydrogen (secondary N) is 1. The molecular formula is C20H31FIN7S. The predicted octanol–water partition coefficient (Wildman–Crippen LogP) is 2.86. The minimum absolute atomic E-state index is 0. The van der Waals surface area contributed by atoms with Gasteiger partial charge in [-0.2, -0.15) is 4.37 Å². The van der Waals surface area contributed by atoms with Gasteiger partial charge in [0.2, 0.25) is 5.13 Å². The van der Waals surface area contributed by atoms with Crippen LogP contribution in [0.1, 0.15) is 24.4 Å². The van der Waals surface area contributed by atoms with Crippen molar-refractivity contribution in [1.29, 1.82) is 0 Å². The van der Waals surface area contributed by atoms with E-state index >= 15 is 0 Å². The van der Waals surface area contributed by atoms with Crippen molar-refractivity contribution in [2.45, 2.75) is 19.4 Å². The number of likely N-dealkylation sites (N-methyl/N-ethyl adjacent to an activating group) is 1. The van der Waals surface area contributed by atoms with Gasteiger partial charge < -0.3 is 20.0 Å². The van der Waals surface area contributed by atoms with Gasteiger partial charge in [-0.1, -0.05) is 19.1 Å². The van der Waals surface area contributed by atoms with Gasteiger partial charge in [0.1, 0.15) is 11.6 Å². The molecule has 0 bridgehead atoms. The number of rotatable bonds is 6. The van der Waals surface area contributed by atoms with E-state index < -0.39 is 0 Å². The normalized spacial score (nSPS) is 15.9. The Labute approximate surface area is 199 Å². The zero-order chi connectivity index (χ0) is 20.8. The summed E-state index contributed by atoms with van der Waals surface area (Å²) in [6.07, 6.45) is 0.866. The SMILES string of the molecule is CCc1nsc(N2CCN(C(=NC)NCC(c3cccc(F)c3)N(C)C)CC2)n1.I. The summed E-state index contributed by atoms with van der Waals surface area (Å²) < 4.78 is 18.1. The lowest BCUT2D eigenvalue weighted by atomic mass is 10.1. The van der Waals surface area contributed by atoms with Crippen molar-refractivity contribution in [2.24, 2.45) is 4.99 Å². The molecule has 0 amide bonds. The van der Waals surface area contributed by atoms with Crippen LogP contribution in [0.4, 0.5) is 9.52 Å². The average molecular weight is 547 g/mol. The number of aromatic nitrogens is 2. The Bertz CT molecular complexity index is 821. The smallest absolute Gasteiger partial charge is 0.205 e. The first-order valence-electron chi connectivity index (χ1n) is 9.96. The van der Waals surface area contributed by atoms with Crippen LogP contribution in [0.15, 0.2) is 29.3 Å². The molecule has 1 saturated heterocycles. The fraction of sp³-hybridized carbons (Fsp3) is 0.550. The summed E-state index contributed by atoms with van der Waals surface area (Å²) in [5.41, 5.74) is 0.950. The Morgan fingerprint density at radius 1 is 1.30 bits per heavy atom. The molecule has 7 nitrogen and oxygen atoms in total. The van der Waals surface area contributed by atoms with E-state index in [2.05, 4.69) is 41.3 Å². The Morgan fingerprint density at radius 2 is 2.03 bits per heavy atom. The van der Waals surface area contributed by atoms with Crippen molar-refractivity contribution in [2.75, 3.05) is 58.8 Å². The second kappa shape index (κ2) is 11.8. The maximum atomic E-state index is 13.7. The summed E-state index contributed by atoms with van der Waals surface area (Å²) in [5, 5.41) is 4.48. The van der Waals surface area contributed by atoms with Crippen LogP contribution in [0.3, 0.4) is 0 Å². The van der Waals surface area contributed by atoms with Crippen molar-refractivity contribution in [1.82, 2.24) is 24.5 Å². The molecule has 1 aromatic carbocycles. The van der Waals surface area contributed by atoms with Crippen LogP contribution in [-0.4, -0.2) is 79.0 Å². The number of nitrogens with zero attached hydrogens (tertiary/aromatic N) is 6. The Hall–Kier alpha value is -1.53. The highest BCUT2D eigenvalue weighted by atomic mass is 127. The van der Waals surface area contributed by atoms with Gasteiger partial charge in [-0.15, -0.1) is 24.0 Å². The number of benzene rings is 1. The van der Waals surface area contributed by atoms with Gasteiger partial charge in [-0.25, -0.2) is 9.37 Å². The first-order chi connectivity index (χ1) is 14.0. The molecule has 1 fully saturated rings. The number of piperazine rings is 1. The number of aryl methyl sites for hydroxylation is 1. The van der Waals surface area contributed by atoms with Gasteiger partial charge in [0.15, 0.2) is 5.96 Å². The first-order valence-corrected chi connectivity index (χ1v) is 10.7. The van der Waals surface area contributed by atoms with Crippen LogP contribution < -0.4 is 10.2 Å². The minimum atomic E-state index is -0.210. The number of guanidine groups is 1. The molecule has 10 heteroatoms. The number of aliphatic imine (C=N–C) groups is 1. The summed E-state index contributed by atoms with van der Waals surface area (Å²) in [6.45, 7) is 6.24. The molecule has 1 N–H and O–H groups in total. The molecule has 1 atom stereocenters. The Balaban J connectivity index is 0.00000320. The van der Waals surface area contributed by atoms with Crippen molar-refractivity contribution < 1.29 is 4.39 Å². The van der Waals surface area contributed by atoms with Gasteiger partial charge in [0, 0.05) is 57.7 Å². The van der Waals surface area contributed by atoms with E-state index in [4.69, 9.17) is 0 Å². The lowest BCUT2D eigenvalue weighted by molar-refractivity contribution is 0.291. The van der Waals surface area contributed by atoms with Gasteiger partial charge in [0.05, 0.1) is 6.04 Å². The molecular weight excluding hydrogens is 516 g/mol. The van der Waals surface area contributed by atoms with E-state index in [1.54, 1.807) is 19.2 Å². The minimum Gasteiger partial charge on any atom is -0.354 e. The topological polar surface area (TPSA) is 59.9 Å². The summed E-state index contributed by atoms with van der Waals surface area (Å²) in [6, 6.07) is 6.85. The lowest BCUT2D eigenvalue weighted by Gasteiger charge is -2.37. The maximum absolute atomic E-state index is 13.7. The first kappa shape index (κ1) is 24.7. The van der Waals surface area contributed by atoms with Crippen molar-refractivity contribution >= 4 is 46.6 Å². The van der Waals surface area contributed by atoms with E-state index in [1.807, 2.05) is 20.2 Å². The Morgan fingerprint density at radius 3 is 2.60 bits per heavy atom. The van der Waals surface area contributed by atoms with Crippen LogP contribution in [0.25, 0.3) is 0 Å². The molecule has 0 saturated carbocycles. The molecule has 0 spiro atoms.